The van der Waals surface area contributed by atoms with E-state index in [1.165, 1.54) is 24.3 Å². The number of carbonyl (C=O) groups is 1. The van der Waals surface area contributed by atoms with Crippen molar-refractivity contribution in [1.82, 2.24) is 5.32 Å². The summed E-state index contributed by atoms with van der Waals surface area (Å²) >= 11 is 12.0. The Labute approximate surface area is 131 Å². The first-order chi connectivity index (χ1) is 10.0. The number of hydrogen-bond acceptors (Lipinski definition) is 1. The molecule has 0 spiro atoms. The molecule has 0 unspecified atom stereocenters. The number of halogens is 3. The summed E-state index contributed by atoms with van der Waals surface area (Å²) in [6.45, 7) is 0. The van der Waals surface area contributed by atoms with Crippen LogP contribution in [-0.2, 0) is 12.8 Å². The van der Waals surface area contributed by atoms with E-state index in [1.54, 1.807) is 0 Å². The highest BCUT2D eigenvalue weighted by atomic mass is 35.5. The van der Waals surface area contributed by atoms with Crippen LogP contribution in [-0.4, -0.2) is 11.9 Å². The molecule has 0 fully saturated rings. The topological polar surface area (TPSA) is 29.1 Å². The second-order valence-electron chi connectivity index (χ2n) is 5.12. The average molecular weight is 324 g/mol. The lowest BCUT2D eigenvalue weighted by Crippen LogP contribution is -2.35. The van der Waals surface area contributed by atoms with Gasteiger partial charge in [-0.3, -0.25) is 4.79 Å². The Kier molecular flexibility index (Phi) is 3.87. The standard InChI is InChI=1S/C16H12Cl2FNO/c17-14-7-10-5-13(6-11(10)8-15(14)18)20-16(21)9-1-3-12(19)4-2-9/h1-4,7-8,13H,5-6H2,(H,20,21). The lowest BCUT2D eigenvalue weighted by Gasteiger charge is -2.11. The van der Waals surface area contributed by atoms with Crippen molar-refractivity contribution in [1.29, 1.82) is 0 Å². The van der Waals surface area contributed by atoms with Gasteiger partial charge in [-0.15, -0.1) is 0 Å². The summed E-state index contributed by atoms with van der Waals surface area (Å²) in [7, 11) is 0. The fourth-order valence-corrected chi connectivity index (χ4v) is 2.96. The monoisotopic (exact) mass is 323 g/mol. The van der Waals surface area contributed by atoms with Crippen LogP contribution in [0.15, 0.2) is 36.4 Å². The minimum Gasteiger partial charge on any atom is -0.349 e. The summed E-state index contributed by atoms with van der Waals surface area (Å²) in [6, 6.07) is 9.20. The van der Waals surface area contributed by atoms with Crippen molar-refractivity contribution in [2.24, 2.45) is 0 Å². The predicted molar refractivity (Wildman–Crippen MR) is 81.5 cm³/mol. The molecule has 0 bridgehead atoms. The third-order valence-electron chi connectivity index (χ3n) is 3.62. The van der Waals surface area contributed by atoms with Gasteiger partial charge in [-0.25, -0.2) is 4.39 Å². The Balaban J connectivity index is 1.70. The molecular formula is C16H12Cl2FNO. The molecule has 5 heteroatoms. The van der Waals surface area contributed by atoms with Gasteiger partial charge < -0.3 is 5.32 Å². The van der Waals surface area contributed by atoms with Crippen LogP contribution in [0.1, 0.15) is 21.5 Å². The van der Waals surface area contributed by atoms with E-state index < -0.39 is 0 Å². The molecule has 0 heterocycles. The first kappa shape index (κ1) is 14.4. The summed E-state index contributed by atoms with van der Waals surface area (Å²) in [4.78, 5) is 12.1. The van der Waals surface area contributed by atoms with Crippen LogP contribution in [0.5, 0.6) is 0 Å². The van der Waals surface area contributed by atoms with Gasteiger partial charge in [0.2, 0.25) is 0 Å². The average Bonchev–Trinajstić information content (AvgIpc) is 2.81. The molecule has 3 rings (SSSR count). The molecule has 1 aliphatic rings. The molecule has 0 atom stereocenters. The lowest BCUT2D eigenvalue weighted by atomic mass is 10.1. The van der Waals surface area contributed by atoms with E-state index in [1.807, 2.05) is 12.1 Å². The summed E-state index contributed by atoms with van der Waals surface area (Å²) in [6.07, 6.45) is 1.44. The highest BCUT2D eigenvalue weighted by Gasteiger charge is 2.24. The van der Waals surface area contributed by atoms with Gasteiger partial charge >= 0.3 is 0 Å². The van der Waals surface area contributed by atoms with Gasteiger partial charge in [0.05, 0.1) is 10.0 Å². The van der Waals surface area contributed by atoms with E-state index in [9.17, 15) is 9.18 Å². The van der Waals surface area contributed by atoms with Crippen LogP contribution in [0.3, 0.4) is 0 Å². The number of rotatable bonds is 2. The number of nitrogens with one attached hydrogen (secondary N) is 1. The van der Waals surface area contributed by atoms with Gasteiger partial charge in [0.25, 0.3) is 5.91 Å². The van der Waals surface area contributed by atoms with Crippen LogP contribution >= 0.6 is 23.2 Å². The van der Waals surface area contributed by atoms with Gasteiger partial charge in [-0.05, 0) is 60.4 Å². The highest BCUT2D eigenvalue weighted by Crippen LogP contribution is 2.31. The molecule has 0 radical (unpaired) electrons. The van der Waals surface area contributed by atoms with Crippen molar-refractivity contribution in [3.05, 3.63) is 69.0 Å². The van der Waals surface area contributed by atoms with Crippen LogP contribution in [0.4, 0.5) is 4.39 Å². The van der Waals surface area contributed by atoms with E-state index in [2.05, 4.69) is 5.32 Å². The second kappa shape index (κ2) is 5.66. The number of carbonyl (C=O) groups excluding carboxylic acids is 1. The van der Waals surface area contributed by atoms with Crippen molar-refractivity contribution in [2.75, 3.05) is 0 Å². The predicted octanol–water partition coefficient (Wildman–Crippen LogP) is 4.03. The maximum atomic E-state index is 12.9. The van der Waals surface area contributed by atoms with E-state index in [0.717, 1.165) is 24.0 Å². The fourth-order valence-electron chi connectivity index (χ4n) is 2.58. The zero-order valence-electron chi connectivity index (χ0n) is 11.0. The molecule has 2 aromatic rings. The SMILES string of the molecule is O=C(NC1Cc2cc(Cl)c(Cl)cc2C1)c1ccc(F)cc1. The van der Waals surface area contributed by atoms with Gasteiger partial charge in [-0.1, -0.05) is 23.2 Å². The van der Waals surface area contributed by atoms with Crippen LogP contribution < -0.4 is 5.32 Å². The third-order valence-corrected chi connectivity index (χ3v) is 4.34. The fraction of sp³-hybridized carbons (Fsp3) is 0.188. The Morgan fingerprint density at radius 1 is 1.05 bits per heavy atom. The van der Waals surface area contributed by atoms with Crippen molar-refractivity contribution in [2.45, 2.75) is 18.9 Å². The van der Waals surface area contributed by atoms with E-state index in [0.29, 0.717) is 15.6 Å². The van der Waals surface area contributed by atoms with Gasteiger partial charge in [-0.2, -0.15) is 0 Å². The maximum Gasteiger partial charge on any atom is 0.251 e. The summed E-state index contributed by atoms with van der Waals surface area (Å²) in [5.41, 5.74) is 2.66. The van der Waals surface area contributed by atoms with Gasteiger partial charge in [0, 0.05) is 11.6 Å². The van der Waals surface area contributed by atoms with Gasteiger partial charge in [0.15, 0.2) is 0 Å². The molecule has 108 valence electrons. The molecule has 1 aliphatic carbocycles. The number of hydrogen-bond donors (Lipinski definition) is 1. The van der Waals surface area contributed by atoms with Crippen molar-refractivity contribution in [3.8, 4) is 0 Å². The van der Waals surface area contributed by atoms with Crippen molar-refractivity contribution >= 4 is 29.1 Å². The molecule has 0 saturated carbocycles. The number of fused-ring (bicyclic) bond motifs is 1. The first-order valence-corrected chi connectivity index (χ1v) is 7.32. The molecule has 2 aromatic carbocycles. The maximum absolute atomic E-state index is 12.9. The number of amides is 1. The zero-order chi connectivity index (χ0) is 15.0. The van der Waals surface area contributed by atoms with Crippen LogP contribution in [0.2, 0.25) is 10.0 Å². The highest BCUT2D eigenvalue weighted by molar-refractivity contribution is 6.42. The Morgan fingerprint density at radius 3 is 2.10 bits per heavy atom. The molecule has 0 aromatic heterocycles. The van der Waals surface area contributed by atoms with E-state index in [4.69, 9.17) is 23.2 Å². The normalized spacial score (nSPS) is 14.0. The zero-order valence-corrected chi connectivity index (χ0v) is 12.5. The van der Waals surface area contributed by atoms with Gasteiger partial charge in [0.1, 0.15) is 5.82 Å². The molecule has 1 amide bonds. The first-order valence-electron chi connectivity index (χ1n) is 6.56. The van der Waals surface area contributed by atoms with Crippen molar-refractivity contribution < 1.29 is 9.18 Å². The number of benzene rings is 2. The van der Waals surface area contributed by atoms with E-state index in [-0.39, 0.29) is 17.8 Å². The summed E-state index contributed by atoms with van der Waals surface area (Å²) in [5, 5.41) is 4.01. The molecule has 0 aliphatic heterocycles. The second-order valence-corrected chi connectivity index (χ2v) is 5.93. The quantitative estimate of drug-likeness (QED) is 0.888. The van der Waals surface area contributed by atoms with Crippen LogP contribution in [0.25, 0.3) is 0 Å². The Bertz CT molecular complexity index is 669. The summed E-state index contributed by atoms with van der Waals surface area (Å²) < 4.78 is 12.9. The third kappa shape index (κ3) is 3.04. The summed E-state index contributed by atoms with van der Waals surface area (Å²) in [5.74, 6) is -0.561. The van der Waals surface area contributed by atoms with Crippen molar-refractivity contribution in [3.63, 3.8) is 0 Å². The molecule has 0 saturated heterocycles. The van der Waals surface area contributed by atoms with E-state index >= 15 is 0 Å². The molecule has 2 nitrogen and oxygen atoms in total. The minimum absolute atomic E-state index is 0.00656. The Hall–Kier alpha value is -1.58. The largest absolute Gasteiger partial charge is 0.349 e. The smallest absolute Gasteiger partial charge is 0.251 e. The molecular weight excluding hydrogens is 312 g/mol. The van der Waals surface area contributed by atoms with Crippen LogP contribution in [0, 0.1) is 5.82 Å². The lowest BCUT2D eigenvalue weighted by molar-refractivity contribution is 0.0938. The molecule has 1 N–H and O–H groups in total. The Morgan fingerprint density at radius 2 is 1.57 bits per heavy atom. The molecule has 21 heavy (non-hydrogen) atoms. The minimum atomic E-state index is -0.357.